The van der Waals surface area contributed by atoms with Crippen molar-refractivity contribution in [1.29, 1.82) is 0 Å². The summed E-state index contributed by atoms with van der Waals surface area (Å²) in [6.07, 6.45) is 3.29. The molecule has 0 saturated heterocycles. The molecule has 0 radical (unpaired) electrons. The van der Waals surface area contributed by atoms with Gasteiger partial charge in [-0.15, -0.1) is 0 Å². The fourth-order valence-corrected chi connectivity index (χ4v) is 1.77. The summed E-state index contributed by atoms with van der Waals surface area (Å²) < 4.78 is 0. The van der Waals surface area contributed by atoms with Gasteiger partial charge in [0.05, 0.1) is 5.02 Å². The Morgan fingerprint density at radius 1 is 1.53 bits per heavy atom. The first-order valence-corrected chi connectivity index (χ1v) is 5.15. The van der Waals surface area contributed by atoms with Gasteiger partial charge in [0.2, 0.25) is 0 Å². The zero-order chi connectivity index (χ0) is 11.0. The maximum atomic E-state index is 11.9. The Hall–Kier alpha value is -1.35. The average Bonchev–Trinajstić information content (AvgIpc) is 2.61. The van der Waals surface area contributed by atoms with Gasteiger partial charge in [0.1, 0.15) is 5.65 Å². The molecule has 2 rings (SSSR count). The van der Waals surface area contributed by atoms with Gasteiger partial charge in [0, 0.05) is 29.3 Å². The van der Waals surface area contributed by atoms with Crippen molar-refractivity contribution in [2.45, 2.75) is 13.8 Å². The summed E-state index contributed by atoms with van der Waals surface area (Å²) in [6, 6.07) is 1.69. The molecule has 2 aromatic rings. The van der Waals surface area contributed by atoms with Crippen LogP contribution in [0, 0.1) is 5.92 Å². The number of rotatable bonds is 2. The topological polar surface area (TPSA) is 45.8 Å². The molecule has 0 aromatic carbocycles. The first-order chi connectivity index (χ1) is 7.11. The van der Waals surface area contributed by atoms with Crippen LogP contribution in [0.15, 0.2) is 18.5 Å². The number of H-pyrrole nitrogens is 1. The normalized spacial score (nSPS) is 11.2. The summed E-state index contributed by atoms with van der Waals surface area (Å²) in [5, 5.41) is 1.28. The fourth-order valence-electron chi connectivity index (χ4n) is 1.52. The van der Waals surface area contributed by atoms with Gasteiger partial charge in [-0.3, -0.25) is 4.79 Å². The maximum Gasteiger partial charge on any atom is 0.167 e. The van der Waals surface area contributed by atoms with E-state index in [2.05, 4.69) is 9.97 Å². The Morgan fingerprint density at radius 2 is 2.27 bits per heavy atom. The molecule has 0 saturated carbocycles. The number of hydrogen-bond donors (Lipinski definition) is 1. The van der Waals surface area contributed by atoms with Gasteiger partial charge >= 0.3 is 0 Å². The van der Waals surface area contributed by atoms with Crippen LogP contribution in [0.4, 0.5) is 0 Å². The van der Waals surface area contributed by atoms with E-state index in [9.17, 15) is 4.79 Å². The quantitative estimate of drug-likeness (QED) is 0.794. The van der Waals surface area contributed by atoms with Crippen molar-refractivity contribution in [3.63, 3.8) is 0 Å². The van der Waals surface area contributed by atoms with E-state index in [1.807, 2.05) is 13.8 Å². The second kappa shape index (κ2) is 3.66. The second-order valence-corrected chi connectivity index (χ2v) is 4.14. The summed E-state index contributed by atoms with van der Waals surface area (Å²) in [5.41, 5.74) is 1.28. The second-order valence-electron chi connectivity index (χ2n) is 3.74. The molecular formula is C11H11ClN2O. The molecule has 0 aliphatic carbocycles. The van der Waals surface area contributed by atoms with E-state index >= 15 is 0 Å². The first kappa shape index (κ1) is 10.2. The van der Waals surface area contributed by atoms with Crippen molar-refractivity contribution in [3.05, 3.63) is 29.0 Å². The van der Waals surface area contributed by atoms with E-state index in [1.165, 1.54) is 0 Å². The molecule has 2 aromatic heterocycles. The molecule has 78 valence electrons. The highest BCUT2D eigenvalue weighted by atomic mass is 35.5. The Bertz CT molecular complexity index is 516. The number of fused-ring (bicyclic) bond motifs is 1. The number of Topliss-reactive ketones (excluding diaryl/α,β-unsaturated/α-hetero) is 1. The number of aromatic nitrogens is 2. The molecule has 0 bridgehead atoms. The van der Waals surface area contributed by atoms with Crippen molar-refractivity contribution >= 4 is 28.4 Å². The Morgan fingerprint density at radius 3 is 2.93 bits per heavy atom. The monoisotopic (exact) mass is 222 g/mol. The van der Waals surface area contributed by atoms with Crippen molar-refractivity contribution in [2.24, 2.45) is 5.92 Å². The number of pyridine rings is 1. The smallest absolute Gasteiger partial charge is 0.167 e. The van der Waals surface area contributed by atoms with Gasteiger partial charge in [-0.25, -0.2) is 4.98 Å². The summed E-state index contributed by atoms with van der Waals surface area (Å²) in [6.45, 7) is 3.73. The number of aromatic amines is 1. The van der Waals surface area contributed by atoms with Crippen LogP contribution in [0.3, 0.4) is 0 Å². The van der Waals surface area contributed by atoms with Crippen LogP contribution in [0.5, 0.6) is 0 Å². The van der Waals surface area contributed by atoms with E-state index < -0.39 is 0 Å². The number of halogens is 1. The molecule has 4 heteroatoms. The number of hydrogen-bond acceptors (Lipinski definition) is 2. The largest absolute Gasteiger partial charge is 0.345 e. The third-order valence-corrected chi connectivity index (χ3v) is 2.63. The van der Waals surface area contributed by atoms with Gasteiger partial charge in [0.15, 0.2) is 5.78 Å². The van der Waals surface area contributed by atoms with Crippen LogP contribution in [0.1, 0.15) is 24.2 Å². The van der Waals surface area contributed by atoms with Crippen LogP contribution in [0.25, 0.3) is 11.0 Å². The molecule has 0 aliphatic heterocycles. The van der Waals surface area contributed by atoms with Gasteiger partial charge in [-0.1, -0.05) is 25.4 Å². The minimum absolute atomic E-state index is 0.0414. The summed E-state index contributed by atoms with van der Waals surface area (Å²) in [5.74, 6) is 0.0384. The Labute approximate surface area is 92.5 Å². The van der Waals surface area contributed by atoms with E-state index in [0.717, 1.165) is 5.39 Å². The van der Waals surface area contributed by atoms with Crippen molar-refractivity contribution in [1.82, 2.24) is 9.97 Å². The van der Waals surface area contributed by atoms with Gasteiger partial charge in [-0.05, 0) is 6.07 Å². The van der Waals surface area contributed by atoms with Crippen LogP contribution >= 0.6 is 11.6 Å². The molecule has 0 aliphatic rings. The highest BCUT2D eigenvalue weighted by molar-refractivity contribution is 6.36. The van der Waals surface area contributed by atoms with E-state index in [0.29, 0.717) is 16.2 Å². The number of ketones is 1. The van der Waals surface area contributed by atoms with Gasteiger partial charge in [-0.2, -0.15) is 0 Å². The first-order valence-electron chi connectivity index (χ1n) is 4.77. The Balaban J connectivity index is 2.67. The minimum atomic E-state index is -0.0414. The standard InChI is InChI=1S/C11H11ClN2O/c1-6(2)10(15)7-5-14-11-9(7)8(12)3-4-13-11/h3-6H,1-2H3,(H,13,14). The lowest BCUT2D eigenvalue weighted by molar-refractivity contribution is 0.0941. The Kier molecular flexibility index (Phi) is 2.49. The number of carbonyl (C=O) groups is 1. The number of nitrogens with zero attached hydrogens (tertiary/aromatic N) is 1. The third-order valence-electron chi connectivity index (χ3n) is 2.31. The predicted octanol–water partition coefficient (Wildman–Crippen LogP) is 3.06. The number of nitrogens with one attached hydrogen (secondary N) is 1. The molecular weight excluding hydrogens is 212 g/mol. The number of carbonyl (C=O) groups excluding carboxylic acids is 1. The zero-order valence-electron chi connectivity index (χ0n) is 8.54. The molecule has 3 nitrogen and oxygen atoms in total. The molecule has 0 atom stereocenters. The molecule has 0 spiro atoms. The summed E-state index contributed by atoms with van der Waals surface area (Å²) in [7, 11) is 0. The lowest BCUT2D eigenvalue weighted by Crippen LogP contribution is -2.06. The van der Waals surface area contributed by atoms with Crippen molar-refractivity contribution in [2.75, 3.05) is 0 Å². The molecule has 1 N–H and O–H groups in total. The summed E-state index contributed by atoms with van der Waals surface area (Å²) >= 11 is 6.04. The predicted molar refractivity (Wildman–Crippen MR) is 60.3 cm³/mol. The maximum absolute atomic E-state index is 11.9. The zero-order valence-corrected chi connectivity index (χ0v) is 9.30. The van der Waals surface area contributed by atoms with Crippen LogP contribution < -0.4 is 0 Å². The third kappa shape index (κ3) is 1.63. The van der Waals surface area contributed by atoms with Crippen molar-refractivity contribution in [3.8, 4) is 0 Å². The lowest BCUT2D eigenvalue weighted by Gasteiger charge is -2.02. The molecule has 0 amide bonds. The molecule has 2 heterocycles. The molecule has 0 unspecified atom stereocenters. The van der Waals surface area contributed by atoms with Crippen LogP contribution in [-0.2, 0) is 0 Å². The van der Waals surface area contributed by atoms with E-state index in [1.54, 1.807) is 18.5 Å². The SMILES string of the molecule is CC(C)C(=O)c1c[nH]c2nccc(Cl)c12. The summed E-state index contributed by atoms with van der Waals surface area (Å²) in [4.78, 5) is 18.9. The van der Waals surface area contributed by atoms with Crippen LogP contribution in [0.2, 0.25) is 5.02 Å². The van der Waals surface area contributed by atoms with E-state index in [4.69, 9.17) is 11.6 Å². The fraction of sp³-hybridized carbons (Fsp3) is 0.273. The highest BCUT2D eigenvalue weighted by Crippen LogP contribution is 2.26. The molecule has 0 fully saturated rings. The average molecular weight is 223 g/mol. The van der Waals surface area contributed by atoms with Crippen molar-refractivity contribution < 1.29 is 4.79 Å². The van der Waals surface area contributed by atoms with Crippen LogP contribution in [-0.4, -0.2) is 15.8 Å². The van der Waals surface area contributed by atoms with E-state index in [-0.39, 0.29) is 11.7 Å². The molecule has 15 heavy (non-hydrogen) atoms. The highest BCUT2D eigenvalue weighted by Gasteiger charge is 2.17. The van der Waals surface area contributed by atoms with Gasteiger partial charge < -0.3 is 4.98 Å². The lowest BCUT2D eigenvalue weighted by atomic mass is 10.0. The van der Waals surface area contributed by atoms with Gasteiger partial charge in [0.25, 0.3) is 0 Å². The minimum Gasteiger partial charge on any atom is -0.345 e.